The van der Waals surface area contributed by atoms with Crippen LogP contribution in [0, 0.1) is 0 Å². The van der Waals surface area contributed by atoms with Gasteiger partial charge in [-0.25, -0.2) is 0 Å². The Morgan fingerprint density at radius 3 is 2.62 bits per heavy atom. The highest BCUT2D eigenvalue weighted by atomic mass is 16.3. The number of benzene rings is 1. The van der Waals surface area contributed by atoms with Gasteiger partial charge in [0.25, 0.3) is 0 Å². The number of carbonyl (C=O) groups is 1. The van der Waals surface area contributed by atoms with Gasteiger partial charge in [-0.1, -0.05) is 30.3 Å². The molecule has 1 aromatic rings. The largest absolute Gasteiger partial charge is 0.392 e. The fourth-order valence-corrected chi connectivity index (χ4v) is 1.28. The molecule has 0 heterocycles. The number of rotatable bonds is 4. The van der Waals surface area contributed by atoms with Crippen molar-refractivity contribution >= 4 is 11.5 Å². The quantitative estimate of drug-likeness (QED) is 0.755. The summed E-state index contributed by atoms with van der Waals surface area (Å²) in [4.78, 5) is 11.4. The standard InChI is InChI=1S/C13H17NO2/c1-10(12-6-4-3-5-7-12)8-13(16)14-9-11(2)15/h3-8,11,15H,9H2,1-2H3,(H,14,16)/b10-8-. The summed E-state index contributed by atoms with van der Waals surface area (Å²) < 4.78 is 0. The average Bonchev–Trinajstić information content (AvgIpc) is 2.27. The Labute approximate surface area is 95.8 Å². The van der Waals surface area contributed by atoms with Gasteiger partial charge in [0.15, 0.2) is 0 Å². The van der Waals surface area contributed by atoms with Crippen molar-refractivity contribution in [3.63, 3.8) is 0 Å². The molecule has 2 N–H and O–H groups in total. The molecule has 16 heavy (non-hydrogen) atoms. The van der Waals surface area contributed by atoms with Crippen LogP contribution in [0.4, 0.5) is 0 Å². The van der Waals surface area contributed by atoms with Crippen molar-refractivity contribution in [3.05, 3.63) is 42.0 Å². The SMILES string of the molecule is C/C(=C/C(=O)NCC(C)O)c1ccccc1. The summed E-state index contributed by atoms with van der Waals surface area (Å²) in [5, 5.41) is 11.6. The number of aliphatic hydroxyl groups is 1. The van der Waals surface area contributed by atoms with E-state index in [1.165, 1.54) is 6.08 Å². The Bertz CT molecular complexity index is 369. The predicted octanol–water partition coefficient (Wildman–Crippen LogP) is 1.59. The lowest BCUT2D eigenvalue weighted by Gasteiger charge is -2.05. The summed E-state index contributed by atoms with van der Waals surface area (Å²) in [7, 11) is 0. The third kappa shape index (κ3) is 4.28. The van der Waals surface area contributed by atoms with Crippen LogP contribution < -0.4 is 5.32 Å². The van der Waals surface area contributed by atoms with E-state index in [-0.39, 0.29) is 12.5 Å². The van der Waals surface area contributed by atoms with Crippen molar-refractivity contribution in [1.29, 1.82) is 0 Å². The number of hydrogen-bond acceptors (Lipinski definition) is 2. The van der Waals surface area contributed by atoms with E-state index in [9.17, 15) is 4.79 Å². The van der Waals surface area contributed by atoms with E-state index in [0.29, 0.717) is 0 Å². The summed E-state index contributed by atoms with van der Waals surface area (Å²) in [6, 6.07) is 9.70. The van der Waals surface area contributed by atoms with Gasteiger partial charge < -0.3 is 10.4 Å². The number of aliphatic hydroxyl groups excluding tert-OH is 1. The Morgan fingerprint density at radius 2 is 2.06 bits per heavy atom. The highest BCUT2D eigenvalue weighted by Crippen LogP contribution is 2.11. The molecular formula is C13H17NO2. The minimum atomic E-state index is -0.519. The lowest BCUT2D eigenvalue weighted by molar-refractivity contribution is -0.116. The topological polar surface area (TPSA) is 49.3 Å². The lowest BCUT2D eigenvalue weighted by atomic mass is 10.1. The number of amides is 1. The van der Waals surface area contributed by atoms with Crippen molar-refractivity contribution in [2.75, 3.05) is 6.54 Å². The van der Waals surface area contributed by atoms with Crippen molar-refractivity contribution < 1.29 is 9.90 Å². The molecule has 0 saturated carbocycles. The Morgan fingerprint density at radius 1 is 1.44 bits per heavy atom. The van der Waals surface area contributed by atoms with Gasteiger partial charge in [0, 0.05) is 12.6 Å². The number of hydrogen-bond donors (Lipinski definition) is 2. The molecule has 1 aromatic carbocycles. The van der Waals surface area contributed by atoms with Gasteiger partial charge in [0.2, 0.25) is 5.91 Å². The molecule has 1 amide bonds. The maximum Gasteiger partial charge on any atom is 0.244 e. The zero-order valence-electron chi connectivity index (χ0n) is 9.60. The van der Waals surface area contributed by atoms with E-state index in [0.717, 1.165) is 11.1 Å². The molecule has 0 aliphatic heterocycles. The molecule has 0 aliphatic carbocycles. The van der Waals surface area contributed by atoms with E-state index < -0.39 is 6.10 Å². The van der Waals surface area contributed by atoms with Crippen LogP contribution in [0.15, 0.2) is 36.4 Å². The van der Waals surface area contributed by atoms with Crippen LogP contribution in [0.5, 0.6) is 0 Å². The van der Waals surface area contributed by atoms with Gasteiger partial charge in [-0.05, 0) is 25.0 Å². The van der Waals surface area contributed by atoms with Crippen LogP contribution in [-0.4, -0.2) is 23.7 Å². The van der Waals surface area contributed by atoms with E-state index in [1.54, 1.807) is 6.92 Å². The molecule has 0 bridgehead atoms. The molecular weight excluding hydrogens is 202 g/mol. The van der Waals surface area contributed by atoms with Crippen LogP contribution in [0.25, 0.3) is 5.57 Å². The normalized spacial score (nSPS) is 13.3. The minimum Gasteiger partial charge on any atom is -0.392 e. The molecule has 0 aliphatic rings. The highest BCUT2D eigenvalue weighted by molar-refractivity contribution is 5.94. The second-order valence-electron chi connectivity index (χ2n) is 3.79. The predicted molar refractivity (Wildman–Crippen MR) is 64.8 cm³/mol. The monoisotopic (exact) mass is 219 g/mol. The van der Waals surface area contributed by atoms with Crippen molar-refractivity contribution in [3.8, 4) is 0 Å². The Kier molecular flexibility index (Phi) is 4.73. The third-order valence-corrected chi connectivity index (χ3v) is 2.15. The fourth-order valence-electron chi connectivity index (χ4n) is 1.28. The van der Waals surface area contributed by atoms with Crippen molar-refractivity contribution in [2.45, 2.75) is 20.0 Å². The summed E-state index contributed by atoms with van der Waals surface area (Å²) in [5.74, 6) is -0.178. The molecule has 1 atom stereocenters. The zero-order valence-corrected chi connectivity index (χ0v) is 9.60. The lowest BCUT2D eigenvalue weighted by Crippen LogP contribution is -2.29. The van der Waals surface area contributed by atoms with Gasteiger partial charge in [0.05, 0.1) is 6.10 Å². The molecule has 1 rings (SSSR count). The molecule has 0 radical (unpaired) electrons. The van der Waals surface area contributed by atoms with Crippen LogP contribution >= 0.6 is 0 Å². The summed E-state index contributed by atoms with van der Waals surface area (Å²) >= 11 is 0. The Balaban J connectivity index is 2.60. The molecule has 1 unspecified atom stereocenters. The summed E-state index contributed by atoms with van der Waals surface area (Å²) in [5.41, 5.74) is 1.93. The fraction of sp³-hybridized carbons (Fsp3) is 0.308. The molecule has 0 aromatic heterocycles. The molecule has 0 saturated heterocycles. The maximum absolute atomic E-state index is 11.4. The highest BCUT2D eigenvalue weighted by Gasteiger charge is 2.01. The molecule has 3 heteroatoms. The number of allylic oxidation sites excluding steroid dienone is 1. The van der Waals surface area contributed by atoms with Crippen LogP contribution in [-0.2, 0) is 4.79 Å². The van der Waals surface area contributed by atoms with Crippen LogP contribution in [0.2, 0.25) is 0 Å². The first kappa shape index (κ1) is 12.5. The minimum absolute atomic E-state index is 0.178. The van der Waals surface area contributed by atoms with Gasteiger partial charge in [-0.2, -0.15) is 0 Å². The van der Waals surface area contributed by atoms with Gasteiger partial charge in [-0.3, -0.25) is 4.79 Å². The molecule has 3 nitrogen and oxygen atoms in total. The summed E-state index contributed by atoms with van der Waals surface area (Å²) in [6.45, 7) is 3.79. The van der Waals surface area contributed by atoms with Crippen LogP contribution in [0.1, 0.15) is 19.4 Å². The van der Waals surface area contributed by atoms with E-state index >= 15 is 0 Å². The molecule has 86 valence electrons. The summed E-state index contributed by atoms with van der Waals surface area (Å²) in [6.07, 6.45) is 1.02. The first-order valence-corrected chi connectivity index (χ1v) is 5.29. The molecule has 0 spiro atoms. The smallest absolute Gasteiger partial charge is 0.244 e. The first-order valence-electron chi connectivity index (χ1n) is 5.29. The van der Waals surface area contributed by atoms with Gasteiger partial charge in [0.1, 0.15) is 0 Å². The maximum atomic E-state index is 11.4. The van der Waals surface area contributed by atoms with E-state index in [1.807, 2.05) is 37.3 Å². The molecule has 0 fully saturated rings. The number of carbonyl (C=O) groups excluding carboxylic acids is 1. The number of nitrogens with one attached hydrogen (secondary N) is 1. The Hall–Kier alpha value is -1.61. The third-order valence-electron chi connectivity index (χ3n) is 2.15. The van der Waals surface area contributed by atoms with Crippen LogP contribution in [0.3, 0.4) is 0 Å². The van der Waals surface area contributed by atoms with Gasteiger partial charge >= 0.3 is 0 Å². The average molecular weight is 219 g/mol. The first-order chi connectivity index (χ1) is 7.59. The van der Waals surface area contributed by atoms with Crippen molar-refractivity contribution in [1.82, 2.24) is 5.32 Å². The van der Waals surface area contributed by atoms with Gasteiger partial charge in [-0.15, -0.1) is 0 Å². The van der Waals surface area contributed by atoms with E-state index in [4.69, 9.17) is 5.11 Å². The zero-order chi connectivity index (χ0) is 12.0. The van der Waals surface area contributed by atoms with E-state index in [2.05, 4.69) is 5.32 Å². The van der Waals surface area contributed by atoms with Crippen molar-refractivity contribution in [2.24, 2.45) is 0 Å². The second kappa shape index (κ2) is 6.08. The second-order valence-corrected chi connectivity index (χ2v) is 3.79.